The molecule has 0 atom stereocenters. The van der Waals surface area contributed by atoms with Crippen LogP contribution in [0.1, 0.15) is 64.3 Å². The van der Waals surface area contributed by atoms with E-state index in [-0.39, 0.29) is 5.69 Å². The second kappa shape index (κ2) is 8.17. The molecule has 1 aliphatic carbocycles. The maximum absolute atomic E-state index is 12.5. The normalized spacial score (nSPS) is 19.0. The Hall–Kier alpha value is -1.36. The Kier molecular flexibility index (Phi) is 6.23. The molecule has 5 heteroatoms. The third kappa shape index (κ3) is 4.30. The zero-order valence-corrected chi connectivity index (χ0v) is 13.1. The molecule has 0 aliphatic heterocycles. The molecular formula is C16H28N4O. The molecule has 1 aromatic rings. The van der Waals surface area contributed by atoms with Gasteiger partial charge in [0, 0.05) is 12.6 Å². The van der Waals surface area contributed by atoms with Gasteiger partial charge in [0.1, 0.15) is 6.33 Å². The maximum Gasteiger partial charge on any atom is 0.346 e. The van der Waals surface area contributed by atoms with Gasteiger partial charge in [-0.1, -0.05) is 44.6 Å². The molecule has 0 bridgehead atoms. The van der Waals surface area contributed by atoms with E-state index in [0.717, 1.165) is 18.4 Å². The summed E-state index contributed by atoms with van der Waals surface area (Å²) in [5.74, 6) is 0. The number of allylic oxidation sites excluding steroid dienone is 1. The lowest BCUT2D eigenvalue weighted by Gasteiger charge is -2.15. The van der Waals surface area contributed by atoms with Crippen LogP contribution in [0.4, 0.5) is 0 Å². The monoisotopic (exact) mass is 292 g/mol. The van der Waals surface area contributed by atoms with Gasteiger partial charge in [-0.25, -0.2) is 9.48 Å². The fraction of sp³-hybridized carbons (Fsp3) is 0.750. The van der Waals surface area contributed by atoms with Crippen molar-refractivity contribution in [2.45, 2.75) is 70.9 Å². The van der Waals surface area contributed by atoms with E-state index >= 15 is 0 Å². The summed E-state index contributed by atoms with van der Waals surface area (Å²) in [7, 11) is 0. The molecule has 0 saturated heterocycles. The first-order valence-electron chi connectivity index (χ1n) is 8.24. The minimum Gasteiger partial charge on any atom is -0.327 e. The van der Waals surface area contributed by atoms with Crippen LogP contribution in [0.15, 0.2) is 22.8 Å². The van der Waals surface area contributed by atoms with E-state index in [1.165, 1.54) is 43.2 Å². The average molecular weight is 292 g/mol. The molecule has 1 aliphatic rings. The van der Waals surface area contributed by atoms with Gasteiger partial charge in [0.25, 0.3) is 0 Å². The SMILES string of the molecule is C/C=C(\CN)Cn1ncn(C2CCCCCCCC2)c1=O. The quantitative estimate of drug-likeness (QED) is 0.868. The zero-order valence-electron chi connectivity index (χ0n) is 13.1. The largest absolute Gasteiger partial charge is 0.346 e. The Labute approximate surface area is 126 Å². The second-order valence-electron chi connectivity index (χ2n) is 5.98. The highest BCUT2D eigenvalue weighted by Gasteiger charge is 2.16. The molecule has 5 nitrogen and oxygen atoms in total. The van der Waals surface area contributed by atoms with Crippen molar-refractivity contribution >= 4 is 0 Å². The summed E-state index contributed by atoms with van der Waals surface area (Å²) in [6.07, 6.45) is 13.5. The fourth-order valence-corrected chi connectivity index (χ4v) is 3.06. The molecule has 21 heavy (non-hydrogen) atoms. The fourth-order valence-electron chi connectivity index (χ4n) is 3.06. The first-order chi connectivity index (χ1) is 10.3. The van der Waals surface area contributed by atoms with Crippen molar-refractivity contribution in [3.63, 3.8) is 0 Å². The third-order valence-electron chi connectivity index (χ3n) is 4.50. The standard InChI is InChI=1S/C16H28N4O/c1-2-14(11-17)12-20-16(21)19(13-18-20)15-9-7-5-3-4-6-8-10-15/h2,13,15H,3-12,17H2,1H3/b14-2+. The van der Waals surface area contributed by atoms with Gasteiger partial charge in [-0.05, 0) is 25.3 Å². The highest BCUT2D eigenvalue weighted by atomic mass is 16.2. The molecule has 2 rings (SSSR count). The minimum atomic E-state index is 0.00652. The summed E-state index contributed by atoms with van der Waals surface area (Å²) >= 11 is 0. The minimum absolute atomic E-state index is 0.00652. The Bertz CT molecular complexity index is 505. The number of hydrogen-bond donors (Lipinski definition) is 1. The number of nitrogens with zero attached hydrogens (tertiary/aromatic N) is 3. The van der Waals surface area contributed by atoms with E-state index in [2.05, 4.69) is 5.10 Å². The van der Waals surface area contributed by atoms with E-state index in [1.54, 1.807) is 6.33 Å². The summed E-state index contributed by atoms with van der Waals surface area (Å²) in [6, 6.07) is 0.316. The van der Waals surface area contributed by atoms with Crippen LogP contribution in [0.5, 0.6) is 0 Å². The van der Waals surface area contributed by atoms with Gasteiger partial charge >= 0.3 is 5.69 Å². The molecule has 1 fully saturated rings. The first kappa shape index (κ1) is 16.0. The van der Waals surface area contributed by atoms with Gasteiger partial charge in [0.15, 0.2) is 0 Å². The molecule has 118 valence electrons. The lowest BCUT2D eigenvalue weighted by Crippen LogP contribution is -2.29. The van der Waals surface area contributed by atoms with Gasteiger partial charge in [-0.2, -0.15) is 5.10 Å². The average Bonchev–Trinajstić information content (AvgIpc) is 2.91. The van der Waals surface area contributed by atoms with Gasteiger partial charge in [0.05, 0.1) is 6.54 Å². The highest BCUT2D eigenvalue weighted by Crippen LogP contribution is 2.24. The molecule has 0 unspecified atom stereocenters. The van der Waals surface area contributed by atoms with Crippen LogP contribution in [0.3, 0.4) is 0 Å². The highest BCUT2D eigenvalue weighted by molar-refractivity contribution is 5.01. The first-order valence-corrected chi connectivity index (χ1v) is 8.24. The van der Waals surface area contributed by atoms with E-state index in [1.807, 2.05) is 17.6 Å². The second-order valence-corrected chi connectivity index (χ2v) is 5.98. The molecule has 1 heterocycles. The lowest BCUT2D eigenvalue weighted by atomic mass is 10.1. The van der Waals surface area contributed by atoms with Crippen LogP contribution < -0.4 is 11.4 Å². The van der Waals surface area contributed by atoms with Crippen molar-refractivity contribution in [2.24, 2.45) is 5.73 Å². The van der Waals surface area contributed by atoms with Crippen LogP contribution >= 0.6 is 0 Å². The van der Waals surface area contributed by atoms with E-state index < -0.39 is 0 Å². The van der Waals surface area contributed by atoms with Crippen molar-refractivity contribution < 1.29 is 0 Å². The number of hydrogen-bond acceptors (Lipinski definition) is 3. The summed E-state index contributed by atoms with van der Waals surface area (Å²) < 4.78 is 3.38. The van der Waals surface area contributed by atoms with Crippen molar-refractivity contribution in [1.29, 1.82) is 0 Å². The van der Waals surface area contributed by atoms with Crippen LogP contribution in [0, 0.1) is 0 Å². The van der Waals surface area contributed by atoms with Crippen molar-refractivity contribution in [3.8, 4) is 0 Å². The topological polar surface area (TPSA) is 65.8 Å². The van der Waals surface area contributed by atoms with Crippen molar-refractivity contribution in [3.05, 3.63) is 28.5 Å². The number of aromatic nitrogens is 3. The van der Waals surface area contributed by atoms with Crippen LogP contribution in [-0.2, 0) is 6.54 Å². The molecule has 1 aromatic heterocycles. The van der Waals surface area contributed by atoms with Gasteiger partial charge in [-0.3, -0.25) is 4.57 Å². The molecule has 2 N–H and O–H groups in total. The smallest absolute Gasteiger partial charge is 0.327 e. The van der Waals surface area contributed by atoms with E-state index in [9.17, 15) is 4.79 Å². The molecule has 0 spiro atoms. The lowest BCUT2D eigenvalue weighted by molar-refractivity contribution is 0.402. The van der Waals surface area contributed by atoms with Crippen LogP contribution in [0.25, 0.3) is 0 Å². The summed E-state index contributed by atoms with van der Waals surface area (Å²) in [5, 5.41) is 4.27. The molecule has 0 aromatic carbocycles. The Morgan fingerprint density at radius 3 is 2.48 bits per heavy atom. The molecule has 0 amide bonds. The van der Waals surface area contributed by atoms with Crippen LogP contribution in [0.2, 0.25) is 0 Å². The zero-order chi connectivity index (χ0) is 15.1. The molecule has 0 radical (unpaired) electrons. The van der Waals surface area contributed by atoms with Crippen LogP contribution in [-0.4, -0.2) is 20.9 Å². The maximum atomic E-state index is 12.5. The molecular weight excluding hydrogens is 264 g/mol. The Balaban J connectivity index is 2.12. The number of rotatable bonds is 4. The van der Waals surface area contributed by atoms with Crippen molar-refractivity contribution in [2.75, 3.05) is 6.54 Å². The van der Waals surface area contributed by atoms with E-state index in [0.29, 0.717) is 19.1 Å². The Morgan fingerprint density at radius 1 is 1.29 bits per heavy atom. The summed E-state index contributed by atoms with van der Waals surface area (Å²) in [5.41, 5.74) is 6.71. The van der Waals surface area contributed by atoms with Gasteiger partial charge in [-0.15, -0.1) is 0 Å². The number of nitrogens with two attached hydrogens (primary N) is 1. The predicted octanol–water partition coefficient (Wildman–Crippen LogP) is 2.63. The van der Waals surface area contributed by atoms with Gasteiger partial charge < -0.3 is 5.73 Å². The van der Waals surface area contributed by atoms with Crippen molar-refractivity contribution in [1.82, 2.24) is 14.3 Å². The summed E-state index contributed by atoms with van der Waals surface area (Å²) in [6.45, 7) is 2.92. The third-order valence-corrected chi connectivity index (χ3v) is 4.50. The molecule has 1 saturated carbocycles. The summed E-state index contributed by atoms with van der Waals surface area (Å²) in [4.78, 5) is 12.5. The van der Waals surface area contributed by atoms with Gasteiger partial charge in [0.2, 0.25) is 0 Å². The Morgan fingerprint density at radius 2 is 1.90 bits per heavy atom. The van der Waals surface area contributed by atoms with E-state index in [4.69, 9.17) is 5.73 Å². The predicted molar refractivity (Wildman–Crippen MR) is 85.3 cm³/mol.